The van der Waals surface area contributed by atoms with Gasteiger partial charge in [-0.05, 0) is 28.1 Å². The Morgan fingerprint density at radius 2 is 2.06 bits per heavy atom. The number of nitrogens with zero attached hydrogens (tertiary/aromatic N) is 1. The molecular formula is C10H9BrCl2N2O. The Bertz CT molecular complexity index is 453. The predicted molar refractivity (Wildman–Crippen MR) is 69.1 cm³/mol. The van der Waals surface area contributed by atoms with Crippen LogP contribution in [0, 0.1) is 0 Å². The lowest BCUT2D eigenvalue weighted by atomic mass is 10.3. The minimum Gasteiger partial charge on any atom is -0.326 e. The van der Waals surface area contributed by atoms with Crippen LogP contribution < -0.4 is 10.6 Å². The molecule has 0 aliphatic carbocycles. The fraction of sp³-hybridized carbons (Fsp3) is 0.300. The molecule has 1 aromatic rings. The van der Waals surface area contributed by atoms with Gasteiger partial charge in [0.05, 0.1) is 15.7 Å². The summed E-state index contributed by atoms with van der Waals surface area (Å²) in [6.45, 7) is 0.483. The lowest BCUT2D eigenvalue weighted by Crippen LogP contribution is -2.28. The largest absolute Gasteiger partial charge is 0.326 e. The summed E-state index contributed by atoms with van der Waals surface area (Å²) < 4.78 is 0.707. The highest BCUT2D eigenvalue weighted by molar-refractivity contribution is 9.10. The van der Waals surface area contributed by atoms with E-state index in [0.29, 0.717) is 33.2 Å². The molecule has 1 unspecified atom stereocenters. The van der Waals surface area contributed by atoms with E-state index >= 15 is 0 Å². The number of hydrogen-bond acceptors (Lipinski definition) is 2. The zero-order valence-electron chi connectivity index (χ0n) is 8.21. The summed E-state index contributed by atoms with van der Waals surface area (Å²) in [6, 6.07) is 3.21. The Balaban J connectivity index is 2.41. The van der Waals surface area contributed by atoms with Gasteiger partial charge in [0.1, 0.15) is 0 Å². The van der Waals surface area contributed by atoms with E-state index in [1.54, 1.807) is 17.0 Å². The molecule has 1 amide bonds. The molecule has 1 fully saturated rings. The van der Waals surface area contributed by atoms with E-state index in [-0.39, 0.29) is 11.9 Å². The molecule has 16 heavy (non-hydrogen) atoms. The zero-order chi connectivity index (χ0) is 11.9. The normalized spacial score (nSPS) is 20.6. The summed E-state index contributed by atoms with van der Waals surface area (Å²) in [5.41, 5.74) is 6.34. The minimum atomic E-state index is -0.133. The van der Waals surface area contributed by atoms with Gasteiger partial charge in [0.15, 0.2) is 0 Å². The molecule has 0 bridgehead atoms. The van der Waals surface area contributed by atoms with Gasteiger partial charge in [-0.2, -0.15) is 0 Å². The van der Waals surface area contributed by atoms with Crippen molar-refractivity contribution in [3.05, 3.63) is 26.7 Å². The maximum absolute atomic E-state index is 11.7. The standard InChI is InChI=1S/C10H9BrCl2N2O/c11-6-2-8(13)9(3-7(6)12)15-4-5(14)1-10(15)16/h2-3,5H,1,4,14H2. The molecule has 6 heteroatoms. The van der Waals surface area contributed by atoms with Gasteiger partial charge in [-0.1, -0.05) is 23.2 Å². The second-order valence-electron chi connectivity index (χ2n) is 3.69. The number of amides is 1. The lowest BCUT2D eigenvalue weighted by molar-refractivity contribution is -0.117. The molecule has 1 heterocycles. The molecule has 3 nitrogen and oxygen atoms in total. The van der Waals surface area contributed by atoms with Gasteiger partial charge in [-0.15, -0.1) is 0 Å². The van der Waals surface area contributed by atoms with Crippen LogP contribution in [0.5, 0.6) is 0 Å². The number of rotatable bonds is 1. The Labute approximate surface area is 112 Å². The van der Waals surface area contributed by atoms with Gasteiger partial charge >= 0.3 is 0 Å². The molecule has 1 saturated heterocycles. The second kappa shape index (κ2) is 4.53. The first kappa shape index (κ1) is 12.2. The van der Waals surface area contributed by atoms with Gasteiger partial charge in [0, 0.05) is 23.5 Å². The highest BCUT2D eigenvalue weighted by Crippen LogP contribution is 2.36. The number of anilines is 1. The van der Waals surface area contributed by atoms with E-state index < -0.39 is 0 Å². The first-order valence-corrected chi connectivity index (χ1v) is 6.24. The van der Waals surface area contributed by atoms with Crippen molar-refractivity contribution >= 4 is 50.7 Å². The summed E-state index contributed by atoms with van der Waals surface area (Å²) in [5, 5.41) is 1.01. The summed E-state index contributed by atoms with van der Waals surface area (Å²) >= 11 is 15.3. The number of carbonyl (C=O) groups is 1. The van der Waals surface area contributed by atoms with Gasteiger partial charge in [-0.3, -0.25) is 4.79 Å². The first-order chi connectivity index (χ1) is 7.49. The number of carbonyl (C=O) groups excluding carboxylic acids is 1. The van der Waals surface area contributed by atoms with Crippen molar-refractivity contribution in [3.63, 3.8) is 0 Å². The SMILES string of the molecule is NC1CC(=O)N(c2cc(Cl)c(Br)cc2Cl)C1. The number of halogens is 3. The Morgan fingerprint density at radius 1 is 1.38 bits per heavy atom. The molecule has 0 aromatic heterocycles. The van der Waals surface area contributed by atoms with Crippen molar-refractivity contribution in [2.45, 2.75) is 12.5 Å². The van der Waals surface area contributed by atoms with Crippen LogP contribution in [0.3, 0.4) is 0 Å². The minimum absolute atomic E-state index is 0.0206. The average Bonchev–Trinajstić information content (AvgIpc) is 2.51. The van der Waals surface area contributed by atoms with E-state index in [1.807, 2.05) is 0 Å². The molecular weight excluding hydrogens is 315 g/mol. The van der Waals surface area contributed by atoms with E-state index in [1.165, 1.54) is 0 Å². The smallest absolute Gasteiger partial charge is 0.228 e. The van der Waals surface area contributed by atoms with Gasteiger partial charge in [0.2, 0.25) is 5.91 Å². The van der Waals surface area contributed by atoms with Crippen LogP contribution in [0.1, 0.15) is 6.42 Å². The number of nitrogens with two attached hydrogens (primary N) is 1. The van der Waals surface area contributed by atoms with Gasteiger partial charge in [-0.25, -0.2) is 0 Å². The molecule has 2 N–H and O–H groups in total. The maximum Gasteiger partial charge on any atom is 0.228 e. The average molecular weight is 324 g/mol. The second-order valence-corrected chi connectivity index (χ2v) is 5.36. The van der Waals surface area contributed by atoms with Crippen LogP contribution in [-0.4, -0.2) is 18.5 Å². The van der Waals surface area contributed by atoms with E-state index in [9.17, 15) is 4.79 Å². The van der Waals surface area contributed by atoms with Crippen LogP contribution in [0.15, 0.2) is 16.6 Å². The van der Waals surface area contributed by atoms with E-state index in [2.05, 4.69) is 15.9 Å². The molecule has 0 saturated carbocycles. The Kier molecular flexibility index (Phi) is 3.45. The van der Waals surface area contributed by atoms with Crippen LogP contribution >= 0.6 is 39.1 Å². The van der Waals surface area contributed by atoms with Crippen molar-refractivity contribution < 1.29 is 4.79 Å². The molecule has 1 aromatic carbocycles. The fourth-order valence-corrected chi connectivity index (χ4v) is 2.59. The van der Waals surface area contributed by atoms with Crippen LogP contribution in [0.25, 0.3) is 0 Å². The zero-order valence-corrected chi connectivity index (χ0v) is 11.3. The molecule has 86 valence electrons. The number of hydrogen-bond donors (Lipinski definition) is 1. The first-order valence-electron chi connectivity index (χ1n) is 4.69. The third kappa shape index (κ3) is 2.20. The van der Waals surface area contributed by atoms with Gasteiger partial charge in [0.25, 0.3) is 0 Å². The highest BCUT2D eigenvalue weighted by atomic mass is 79.9. The van der Waals surface area contributed by atoms with Gasteiger partial charge < -0.3 is 10.6 Å². The quantitative estimate of drug-likeness (QED) is 0.808. The topological polar surface area (TPSA) is 46.3 Å². The maximum atomic E-state index is 11.7. The van der Waals surface area contributed by atoms with Crippen LogP contribution in [0.2, 0.25) is 10.0 Å². The third-order valence-corrected chi connectivity index (χ3v) is 3.94. The fourth-order valence-electron chi connectivity index (χ4n) is 1.69. The van der Waals surface area contributed by atoms with Crippen LogP contribution in [-0.2, 0) is 4.79 Å². The summed E-state index contributed by atoms with van der Waals surface area (Å²) in [6.07, 6.45) is 0.351. The summed E-state index contributed by atoms with van der Waals surface area (Å²) in [5.74, 6) is -0.0206. The highest BCUT2D eigenvalue weighted by Gasteiger charge is 2.29. The molecule has 1 aliphatic heterocycles. The van der Waals surface area contributed by atoms with Crippen molar-refractivity contribution in [1.29, 1.82) is 0 Å². The Hall–Kier alpha value is -0.290. The third-order valence-electron chi connectivity index (χ3n) is 2.44. The molecule has 0 spiro atoms. The van der Waals surface area contributed by atoms with E-state index in [4.69, 9.17) is 28.9 Å². The van der Waals surface area contributed by atoms with Crippen molar-refractivity contribution in [1.82, 2.24) is 0 Å². The predicted octanol–water partition coefficient (Wildman–Crippen LogP) is 2.82. The lowest BCUT2D eigenvalue weighted by Gasteiger charge is -2.18. The molecule has 1 aliphatic rings. The van der Waals surface area contributed by atoms with Crippen molar-refractivity contribution in [2.24, 2.45) is 5.73 Å². The van der Waals surface area contributed by atoms with E-state index in [0.717, 1.165) is 0 Å². The summed E-state index contributed by atoms with van der Waals surface area (Å²) in [7, 11) is 0. The molecule has 2 rings (SSSR count). The van der Waals surface area contributed by atoms with Crippen LogP contribution in [0.4, 0.5) is 5.69 Å². The number of benzene rings is 1. The monoisotopic (exact) mass is 322 g/mol. The van der Waals surface area contributed by atoms with Crippen molar-refractivity contribution in [3.8, 4) is 0 Å². The van der Waals surface area contributed by atoms with Crippen molar-refractivity contribution in [2.75, 3.05) is 11.4 Å². The Morgan fingerprint density at radius 3 is 2.62 bits per heavy atom. The summed E-state index contributed by atoms with van der Waals surface area (Å²) in [4.78, 5) is 13.2. The molecule has 1 atom stereocenters. The molecule has 0 radical (unpaired) electrons.